The van der Waals surface area contributed by atoms with Gasteiger partial charge in [-0.25, -0.2) is 0 Å². The molecule has 0 radical (unpaired) electrons. The van der Waals surface area contributed by atoms with Gasteiger partial charge in [-0.2, -0.15) is 5.10 Å². The number of carbonyl (C=O) groups excluding carboxylic acids is 1. The third-order valence-corrected chi connectivity index (χ3v) is 4.46. The van der Waals surface area contributed by atoms with E-state index in [2.05, 4.69) is 10.2 Å². The summed E-state index contributed by atoms with van der Waals surface area (Å²) in [5.41, 5.74) is 1.75. The van der Waals surface area contributed by atoms with Crippen LogP contribution in [0.25, 0.3) is 0 Å². The largest absolute Gasteiger partial charge is 0.486 e. The van der Waals surface area contributed by atoms with Gasteiger partial charge >= 0.3 is 0 Å². The van der Waals surface area contributed by atoms with E-state index in [1.807, 2.05) is 23.1 Å². The minimum Gasteiger partial charge on any atom is -0.486 e. The second-order valence-corrected chi connectivity index (χ2v) is 5.96. The molecule has 1 aromatic carbocycles. The molecule has 2 aliphatic heterocycles. The standard InChI is InChI=1S/C17H19N3O3/c21-17(12-3-4-15-16(10-12)23-9-8-22-15)20-7-1-2-13(11-20)14-5-6-18-19-14/h3-6,10,13H,1-2,7-9,11H2,(H,18,19). The maximum absolute atomic E-state index is 12.8. The van der Waals surface area contributed by atoms with Crippen LogP contribution in [0.15, 0.2) is 30.5 Å². The summed E-state index contributed by atoms with van der Waals surface area (Å²) in [4.78, 5) is 14.7. The molecule has 0 bridgehead atoms. The van der Waals surface area contributed by atoms with Crippen LogP contribution in [0.2, 0.25) is 0 Å². The molecular formula is C17H19N3O3. The number of aromatic amines is 1. The van der Waals surface area contributed by atoms with Gasteiger partial charge in [0.25, 0.3) is 5.91 Å². The van der Waals surface area contributed by atoms with Crippen LogP contribution in [0.5, 0.6) is 11.5 Å². The van der Waals surface area contributed by atoms with Gasteiger partial charge in [-0.3, -0.25) is 9.89 Å². The number of hydrogen-bond donors (Lipinski definition) is 1. The van der Waals surface area contributed by atoms with Crippen molar-refractivity contribution < 1.29 is 14.3 Å². The molecule has 1 amide bonds. The molecule has 23 heavy (non-hydrogen) atoms. The zero-order valence-electron chi connectivity index (χ0n) is 12.8. The first kappa shape index (κ1) is 14.1. The number of likely N-dealkylation sites (tertiary alicyclic amines) is 1. The molecule has 6 nitrogen and oxygen atoms in total. The number of nitrogens with zero attached hydrogens (tertiary/aromatic N) is 2. The highest BCUT2D eigenvalue weighted by molar-refractivity contribution is 5.95. The zero-order chi connectivity index (χ0) is 15.6. The number of H-pyrrole nitrogens is 1. The number of piperidine rings is 1. The summed E-state index contributed by atoms with van der Waals surface area (Å²) in [6, 6.07) is 7.41. The quantitative estimate of drug-likeness (QED) is 0.923. The number of benzene rings is 1. The zero-order valence-corrected chi connectivity index (χ0v) is 12.8. The third-order valence-electron chi connectivity index (χ3n) is 4.46. The maximum atomic E-state index is 12.8. The van der Waals surface area contributed by atoms with Crippen LogP contribution in [0.4, 0.5) is 0 Å². The Bertz CT molecular complexity index is 699. The van der Waals surface area contributed by atoms with E-state index in [0.29, 0.717) is 36.2 Å². The highest BCUT2D eigenvalue weighted by Crippen LogP contribution is 2.32. The topological polar surface area (TPSA) is 67.5 Å². The Kier molecular flexibility index (Phi) is 3.65. The van der Waals surface area contributed by atoms with E-state index in [1.165, 1.54) is 0 Å². The van der Waals surface area contributed by atoms with Gasteiger partial charge in [0.1, 0.15) is 13.2 Å². The van der Waals surface area contributed by atoms with Gasteiger partial charge in [0.05, 0.1) is 0 Å². The number of nitrogens with one attached hydrogen (secondary N) is 1. The van der Waals surface area contributed by atoms with E-state index in [-0.39, 0.29) is 5.91 Å². The molecule has 1 N–H and O–H groups in total. The number of aromatic nitrogens is 2. The van der Waals surface area contributed by atoms with Gasteiger partial charge in [-0.15, -0.1) is 0 Å². The summed E-state index contributed by atoms with van der Waals surface area (Å²) in [6.45, 7) is 2.59. The molecule has 2 aromatic rings. The van der Waals surface area contributed by atoms with E-state index in [4.69, 9.17) is 9.47 Å². The van der Waals surface area contributed by atoms with E-state index in [0.717, 1.165) is 31.6 Å². The van der Waals surface area contributed by atoms with Crippen LogP contribution in [-0.2, 0) is 0 Å². The van der Waals surface area contributed by atoms with Crippen LogP contribution in [0.1, 0.15) is 34.8 Å². The Labute approximate surface area is 134 Å². The number of fused-ring (bicyclic) bond motifs is 1. The van der Waals surface area contributed by atoms with Crippen molar-refractivity contribution in [3.63, 3.8) is 0 Å². The van der Waals surface area contributed by atoms with Gasteiger partial charge in [0, 0.05) is 36.5 Å². The molecule has 2 aliphatic rings. The minimum atomic E-state index is 0.0474. The molecule has 3 heterocycles. The lowest BCUT2D eigenvalue weighted by Gasteiger charge is -2.32. The van der Waals surface area contributed by atoms with Crippen molar-refractivity contribution in [2.24, 2.45) is 0 Å². The Hall–Kier alpha value is -2.50. The lowest BCUT2D eigenvalue weighted by Crippen LogP contribution is -2.39. The summed E-state index contributed by atoms with van der Waals surface area (Å²) in [7, 11) is 0. The van der Waals surface area contributed by atoms with Crippen LogP contribution >= 0.6 is 0 Å². The fraction of sp³-hybridized carbons (Fsp3) is 0.412. The van der Waals surface area contributed by atoms with Crippen LogP contribution in [-0.4, -0.2) is 47.3 Å². The predicted molar refractivity (Wildman–Crippen MR) is 83.9 cm³/mol. The first-order chi connectivity index (χ1) is 11.3. The van der Waals surface area contributed by atoms with Gasteiger partial charge < -0.3 is 14.4 Å². The van der Waals surface area contributed by atoms with Gasteiger partial charge in [0.15, 0.2) is 11.5 Å². The average molecular weight is 313 g/mol. The summed E-state index contributed by atoms with van der Waals surface area (Å²) in [5.74, 6) is 1.74. The summed E-state index contributed by atoms with van der Waals surface area (Å²) < 4.78 is 11.1. The van der Waals surface area contributed by atoms with Crippen molar-refractivity contribution in [1.82, 2.24) is 15.1 Å². The molecular weight excluding hydrogens is 294 g/mol. The second-order valence-electron chi connectivity index (χ2n) is 5.96. The van der Waals surface area contributed by atoms with Gasteiger partial charge in [-0.05, 0) is 37.1 Å². The lowest BCUT2D eigenvalue weighted by molar-refractivity contribution is 0.0704. The molecule has 1 atom stereocenters. The highest BCUT2D eigenvalue weighted by atomic mass is 16.6. The predicted octanol–water partition coefficient (Wildman–Crippen LogP) is 2.20. The normalized spacial score (nSPS) is 20.3. The Morgan fingerprint density at radius 3 is 2.91 bits per heavy atom. The number of carbonyl (C=O) groups is 1. The molecule has 0 saturated carbocycles. The summed E-state index contributed by atoms with van der Waals surface area (Å²) >= 11 is 0. The fourth-order valence-electron chi connectivity index (χ4n) is 3.27. The van der Waals surface area contributed by atoms with E-state index >= 15 is 0 Å². The number of ether oxygens (including phenoxy) is 2. The molecule has 6 heteroatoms. The minimum absolute atomic E-state index is 0.0474. The van der Waals surface area contributed by atoms with Crippen LogP contribution in [0, 0.1) is 0 Å². The fourth-order valence-corrected chi connectivity index (χ4v) is 3.27. The summed E-state index contributed by atoms with van der Waals surface area (Å²) in [5, 5.41) is 7.04. The van der Waals surface area contributed by atoms with Gasteiger partial charge in [-0.1, -0.05) is 0 Å². The molecule has 0 spiro atoms. The summed E-state index contributed by atoms with van der Waals surface area (Å²) in [6.07, 6.45) is 3.84. The Balaban J connectivity index is 1.52. The average Bonchev–Trinajstić information content (AvgIpc) is 3.15. The van der Waals surface area contributed by atoms with Crippen molar-refractivity contribution in [3.8, 4) is 11.5 Å². The lowest BCUT2D eigenvalue weighted by atomic mass is 9.94. The van der Waals surface area contributed by atoms with Gasteiger partial charge in [0.2, 0.25) is 0 Å². The van der Waals surface area contributed by atoms with Crippen molar-refractivity contribution >= 4 is 5.91 Å². The molecule has 1 aromatic heterocycles. The van der Waals surface area contributed by atoms with Crippen molar-refractivity contribution in [2.45, 2.75) is 18.8 Å². The van der Waals surface area contributed by atoms with Crippen molar-refractivity contribution in [2.75, 3.05) is 26.3 Å². The molecule has 120 valence electrons. The van der Waals surface area contributed by atoms with E-state index in [9.17, 15) is 4.79 Å². The molecule has 4 rings (SSSR count). The SMILES string of the molecule is O=C(c1ccc2c(c1)OCCO2)N1CCCC(c2ccn[nH]2)C1. The Morgan fingerprint density at radius 1 is 1.22 bits per heavy atom. The van der Waals surface area contributed by atoms with Crippen LogP contribution < -0.4 is 9.47 Å². The maximum Gasteiger partial charge on any atom is 0.254 e. The Morgan fingerprint density at radius 2 is 2.09 bits per heavy atom. The van der Waals surface area contributed by atoms with Crippen molar-refractivity contribution in [3.05, 3.63) is 41.7 Å². The van der Waals surface area contributed by atoms with E-state index in [1.54, 1.807) is 12.3 Å². The third kappa shape index (κ3) is 2.76. The molecule has 1 unspecified atom stereocenters. The molecule has 1 saturated heterocycles. The number of rotatable bonds is 2. The monoisotopic (exact) mass is 313 g/mol. The highest BCUT2D eigenvalue weighted by Gasteiger charge is 2.27. The van der Waals surface area contributed by atoms with E-state index < -0.39 is 0 Å². The number of hydrogen-bond acceptors (Lipinski definition) is 4. The smallest absolute Gasteiger partial charge is 0.254 e. The van der Waals surface area contributed by atoms with Crippen LogP contribution in [0.3, 0.4) is 0 Å². The first-order valence-corrected chi connectivity index (χ1v) is 7.99. The first-order valence-electron chi connectivity index (χ1n) is 7.99. The molecule has 1 fully saturated rings. The van der Waals surface area contributed by atoms with Crippen molar-refractivity contribution in [1.29, 1.82) is 0 Å². The number of amides is 1. The second kappa shape index (κ2) is 5.95. The molecule has 0 aliphatic carbocycles.